The number of carbonyl (C=O) groups is 4. The van der Waals surface area contributed by atoms with Gasteiger partial charge in [0.2, 0.25) is 0 Å². The molecule has 3 saturated carbocycles. The summed E-state index contributed by atoms with van der Waals surface area (Å²) >= 11 is 0. The molecule has 128 heavy (non-hydrogen) atoms. The number of benzene rings is 8. The van der Waals surface area contributed by atoms with Crippen LogP contribution in [-0.4, -0.2) is 151 Å². The molecule has 19 rings (SSSR count). The molecule has 9 N–H and O–H groups in total. The first kappa shape index (κ1) is 89.1. The van der Waals surface area contributed by atoms with Crippen molar-refractivity contribution in [1.82, 2.24) is 39.5 Å². The SMILES string of the molecule is CC1Cc2c([nH]c3cccc(O)c23)C(c2c(F)cc(/C=C/C(=O)O)cc2F)N1CC(C)(C)F.CC1Cc2c([nH]c3ccccc23)C(c2c(F)cc(/C=C/C(=O)O)cc2F)N1CC1(C)CC1.CC1Cc2c([nH]c3ccccc23)C(c2c(F)cc(/C=C/C(=O)O)cc2F)N1CC1(F)CC1.CC1Cc2c([nH]c3ccccc23)C(c2c(F)cc(/C=C/C(=O)O)cc2F)N1CC1CC1. The Morgan fingerprint density at radius 3 is 1.05 bits per heavy atom. The summed E-state index contributed by atoms with van der Waals surface area (Å²) in [6, 6.07) is 34.9. The van der Waals surface area contributed by atoms with Gasteiger partial charge in [0, 0.05) is 163 Å². The lowest BCUT2D eigenvalue weighted by Gasteiger charge is -2.43. The predicted octanol–water partition coefficient (Wildman–Crippen LogP) is 21.7. The van der Waals surface area contributed by atoms with Gasteiger partial charge in [-0.15, -0.1) is 0 Å². The molecule has 4 aromatic heterocycles. The minimum absolute atomic E-state index is 0.0149. The van der Waals surface area contributed by atoms with Crippen molar-refractivity contribution in [3.05, 3.63) is 300 Å². The molecule has 0 amide bonds. The number of rotatable bonds is 20. The highest BCUT2D eigenvalue weighted by molar-refractivity contribution is 5.92. The Kier molecular flexibility index (Phi) is 24.6. The van der Waals surface area contributed by atoms with Crippen molar-refractivity contribution in [2.24, 2.45) is 11.3 Å². The molecule has 3 aliphatic carbocycles. The number of H-pyrrole nitrogens is 4. The third-order valence-corrected chi connectivity index (χ3v) is 26.0. The van der Waals surface area contributed by atoms with Gasteiger partial charge in [-0.2, -0.15) is 0 Å². The maximum absolute atomic E-state index is 15.5. The van der Waals surface area contributed by atoms with E-state index in [1.54, 1.807) is 23.1 Å². The number of fused-ring (bicyclic) bond motifs is 12. The topological polar surface area (TPSA) is 246 Å². The second-order valence-electron chi connectivity index (χ2n) is 36.3. The van der Waals surface area contributed by atoms with E-state index >= 15 is 35.1 Å². The third-order valence-electron chi connectivity index (χ3n) is 26.0. The Balaban J connectivity index is 0.000000125. The highest BCUT2D eigenvalue weighted by atomic mass is 19.2. The summed E-state index contributed by atoms with van der Waals surface area (Å²) in [4.78, 5) is 64.7. The van der Waals surface area contributed by atoms with E-state index in [1.807, 2.05) is 79.4 Å². The molecule has 3 fully saturated rings. The molecular formula is C101H98F10N8O9. The second kappa shape index (κ2) is 35.4. The fraction of sp³-hybridized carbons (Fsp3) is 0.327. The van der Waals surface area contributed by atoms with Crippen LogP contribution in [0.3, 0.4) is 0 Å². The first-order valence-electron chi connectivity index (χ1n) is 43.0. The predicted molar refractivity (Wildman–Crippen MR) is 472 cm³/mol. The van der Waals surface area contributed by atoms with E-state index in [1.165, 1.54) is 50.3 Å². The molecule has 0 bridgehead atoms. The molecule has 12 aromatic rings. The molecule has 27 heteroatoms. The van der Waals surface area contributed by atoms with Crippen molar-refractivity contribution in [3.63, 3.8) is 0 Å². The number of nitrogens with zero attached hydrogens (tertiary/aromatic N) is 4. The zero-order valence-electron chi connectivity index (χ0n) is 71.4. The van der Waals surface area contributed by atoms with E-state index in [9.17, 15) is 33.1 Å². The van der Waals surface area contributed by atoms with Crippen LogP contribution in [0.4, 0.5) is 43.9 Å². The number of carboxylic acids is 4. The molecule has 0 radical (unpaired) electrons. The summed E-state index contributed by atoms with van der Waals surface area (Å²) in [7, 11) is 0. The number of aliphatic carboxylic acids is 4. The first-order chi connectivity index (χ1) is 60.9. The number of phenolic OH excluding ortho intramolecular Hbond substituents is 1. The van der Waals surface area contributed by atoms with Crippen LogP contribution in [0.1, 0.15) is 201 Å². The fourth-order valence-corrected chi connectivity index (χ4v) is 19.4. The van der Waals surface area contributed by atoms with Gasteiger partial charge < -0.3 is 45.5 Å². The number of aromatic hydroxyl groups is 1. The monoisotopic (exact) mass is 1760 g/mol. The third kappa shape index (κ3) is 18.6. The van der Waals surface area contributed by atoms with Crippen molar-refractivity contribution < 1.29 is 88.6 Å². The van der Waals surface area contributed by atoms with E-state index in [4.69, 9.17) is 20.4 Å². The quantitative estimate of drug-likeness (QED) is 0.0255. The lowest BCUT2D eigenvalue weighted by Crippen LogP contribution is -2.48. The number of alkyl halides is 2. The summed E-state index contributed by atoms with van der Waals surface area (Å²) in [6.07, 6.45) is 16.2. The number of phenols is 1. The Morgan fingerprint density at radius 1 is 0.414 bits per heavy atom. The van der Waals surface area contributed by atoms with Crippen molar-refractivity contribution in [3.8, 4) is 5.75 Å². The molecule has 666 valence electrons. The summed E-state index contributed by atoms with van der Waals surface area (Å²) in [5.74, 6) is -10.1. The molecule has 8 aromatic carbocycles. The Labute approximate surface area is 731 Å². The second-order valence-corrected chi connectivity index (χ2v) is 36.3. The molecule has 7 aliphatic rings. The van der Waals surface area contributed by atoms with Crippen molar-refractivity contribution in [2.45, 2.75) is 172 Å². The molecule has 8 heterocycles. The molecule has 4 aliphatic heterocycles. The van der Waals surface area contributed by atoms with Crippen LogP contribution in [-0.2, 0) is 44.9 Å². The zero-order valence-corrected chi connectivity index (χ0v) is 71.4. The molecule has 0 saturated heterocycles. The molecular weight excluding hydrogens is 1660 g/mol. The van der Waals surface area contributed by atoms with Crippen LogP contribution in [0.25, 0.3) is 67.9 Å². The van der Waals surface area contributed by atoms with E-state index in [-0.39, 0.29) is 92.9 Å². The van der Waals surface area contributed by atoms with Crippen LogP contribution >= 0.6 is 0 Å². The largest absolute Gasteiger partial charge is 0.507 e. The zero-order chi connectivity index (χ0) is 91.0. The van der Waals surface area contributed by atoms with Crippen LogP contribution in [0.15, 0.2) is 164 Å². The Bertz CT molecular complexity index is 6200. The van der Waals surface area contributed by atoms with Gasteiger partial charge >= 0.3 is 23.9 Å². The minimum Gasteiger partial charge on any atom is -0.507 e. The lowest BCUT2D eigenvalue weighted by atomic mass is 9.86. The van der Waals surface area contributed by atoms with Crippen molar-refractivity contribution >= 4 is 91.8 Å². The summed E-state index contributed by atoms with van der Waals surface area (Å²) in [5, 5.41) is 49.5. The average molecular weight is 1760 g/mol. The fourth-order valence-electron chi connectivity index (χ4n) is 19.4. The van der Waals surface area contributed by atoms with Crippen LogP contribution in [0.5, 0.6) is 5.75 Å². The summed E-state index contributed by atoms with van der Waals surface area (Å²) in [5.41, 5.74) is 7.68. The number of carboxylic acid groups (broad SMARTS) is 4. The van der Waals surface area contributed by atoms with Crippen LogP contribution < -0.4 is 0 Å². The molecule has 8 atom stereocenters. The number of halogens is 10. The number of nitrogens with one attached hydrogen (secondary N) is 4. The van der Waals surface area contributed by atoms with Gasteiger partial charge in [0.25, 0.3) is 0 Å². The maximum Gasteiger partial charge on any atom is 0.328 e. The first-order valence-corrected chi connectivity index (χ1v) is 43.0. The van der Waals surface area contributed by atoms with Gasteiger partial charge in [-0.25, -0.2) is 63.1 Å². The maximum atomic E-state index is 15.5. The van der Waals surface area contributed by atoms with Gasteiger partial charge in [-0.3, -0.25) is 19.6 Å². The average Bonchev–Trinajstić information content (AvgIpc) is 1.58. The van der Waals surface area contributed by atoms with E-state index in [0.717, 1.165) is 179 Å². The Morgan fingerprint density at radius 2 is 0.711 bits per heavy atom. The van der Waals surface area contributed by atoms with Crippen LogP contribution in [0, 0.1) is 57.9 Å². The molecule has 0 spiro atoms. The van der Waals surface area contributed by atoms with Gasteiger partial charge in [0.15, 0.2) is 0 Å². The standard InChI is InChI=1S/C26H26F2N2O2.C25H25F3N2O3.C25H23F3N2O2.C25H24F2N2O2/c1-15-11-18-17-5-3-4-6-21(17)29-24(18)25(30(15)14-26(2)9-10-26)23-19(27)12-16(13-20(23)28)7-8-22(31)32;1-13-9-15-21-18(5-4-6-19(21)31)29-23(15)24(30(13)12-25(2,3)28)22-16(26)10-14(11-17(22)27)7-8-20(32)33;1-14-10-17-16-4-2-3-5-20(16)29-23(17)24(30(14)13-25(28)8-9-25)22-18(26)11-15(12-19(22)27)6-7-21(31)32;1-14-10-18-17-4-2-3-5-21(17)28-24(18)25(29(14)13-15-6-7-15)23-19(26)11-16(12-20(23)27)8-9-22(30)31/h3-8,12-13,15,25,29H,9-11,14H2,1-2H3,(H,31,32);4-8,10-11,13,24,29,31H,9,12H2,1-3H3,(H,32,33);2-7,11-12,14,24,29H,8-10,13H2,1H3,(H,31,32);2-5,8-9,11-12,14-15,25,28H,6-7,10,13H2,1H3,(H,30,31)/b2*8-7+;7-6+;9-8+. The highest BCUT2D eigenvalue weighted by Crippen LogP contribution is 2.54. The lowest BCUT2D eigenvalue weighted by molar-refractivity contribution is -0.132. The number of hydrogen-bond acceptors (Lipinski definition) is 9. The summed E-state index contributed by atoms with van der Waals surface area (Å²) in [6.45, 7) is 14.7. The van der Waals surface area contributed by atoms with Gasteiger partial charge in [-0.1, -0.05) is 67.6 Å². The normalized spacial score (nSPS) is 21.4. The van der Waals surface area contributed by atoms with E-state index in [0.29, 0.717) is 53.9 Å². The highest BCUT2D eigenvalue weighted by Gasteiger charge is 2.51. The van der Waals surface area contributed by atoms with Crippen LogP contribution in [0.2, 0.25) is 0 Å². The van der Waals surface area contributed by atoms with E-state index in [2.05, 4.69) is 62.6 Å². The molecule has 8 unspecified atom stereocenters. The number of hydrogen-bond donors (Lipinski definition) is 9. The van der Waals surface area contributed by atoms with Crippen molar-refractivity contribution in [2.75, 3.05) is 26.2 Å². The van der Waals surface area contributed by atoms with Gasteiger partial charge in [0.05, 0.1) is 24.2 Å². The number of aromatic nitrogens is 4. The van der Waals surface area contributed by atoms with Crippen molar-refractivity contribution in [1.29, 1.82) is 0 Å². The smallest absolute Gasteiger partial charge is 0.328 e. The number of aromatic amines is 4. The van der Waals surface area contributed by atoms with Gasteiger partial charge in [-0.05, 0) is 265 Å². The Hall–Kier alpha value is -12.3. The molecule has 17 nitrogen and oxygen atoms in total. The van der Waals surface area contributed by atoms with Gasteiger partial charge in [0.1, 0.15) is 63.6 Å². The number of para-hydroxylation sites is 3. The van der Waals surface area contributed by atoms with E-state index < -0.39 is 106 Å². The minimum atomic E-state index is -1.63. The summed E-state index contributed by atoms with van der Waals surface area (Å²) < 4.78 is 153.